The van der Waals surface area contributed by atoms with Gasteiger partial charge in [-0.15, -0.1) is 23.1 Å². The number of aryl methyl sites for hydroxylation is 1. The minimum absolute atomic E-state index is 0.0238. The standard InChI is InChI=1S/C23H30N4O2S2/c1-17-24-20(15-30-17)16-31-21-9-7-18(8-10-21)22(28)26-11-13-27(14-12-26)23(29)25-19-5-3-2-4-6-19/h7-10,15,19H,2-6,11-14,16H2,1H3,(H,25,29). The molecule has 1 saturated carbocycles. The zero-order valence-electron chi connectivity index (χ0n) is 18.0. The Kier molecular flexibility index (Phi) is 7.50. The predicted molar refractivity (Wildman–Crippen MR) is 126 cm³/mol. The van der Waals surface area contributed by atoms with Crippen molar-refractivity contribution in [2.45, 2.75) is 55.7 Å². The van der Waals surface area contributed by atoms with Crippen LogP contribution in [0.15, 0.2) is 34.5 Å². The number of piperazine rings is 1. The molecular weight excluding hydrogens is 428 g/mol. The Morgan fingerprint density at radius 2 is 1.74 bits per heavy atom. The molecule has 0 radical (unpaired) electrons. The van der Waals surface area contributed by atoms with Gasteiger partial charge in [0.15, 0.2) is 0 Å². The van der Waals surface area contributed by atoms with Gasteiger partial charge in [-0.25, -0.2) is 9.78 Å². The van der Waals surface area contributed by atoms with Gasteiger partial charge >= 0.3 is 6.03 Å². The van der Waals surface area contributed by atoms with Crippen molar-refractivity contribution < 1.29 is 9.59 Å². The molecule has 1 N–H and O–H groups in total. The third-order valence-corrected chi connectivity index (χ3v) is 7.81. The molecule has 3 amide bonds. The minimum atomic E-state index is 0.0238. The first kappa shape index (κ1) is 22.1. The van der Waals surface area contributed by atoms with Crippen LogP contribution >= 0.6 is 23.1 Å². The van der Waals surface area contributed by atoms with E-state index in [9.17, 15) is 9.59 Å². The largest absolute Gasteiger partial charge is 0.335 e. The molecule has 2 heterocycles. The van der Waals surface area contributed by atoms with Gasteiger partial charge in [-0.1, -0.05) is 19.3 Å². The van der Waals surface area contributed by atoms with Gasteiger partial charge in [0, 0.05) is 53.8 Å². The molecule has 1 aliphatic heterocycles. The molecule has 0 spiro atoms. The number of hydrogen-bond donors (Lipinski definition) is 1. The van der Waals surface area contributed by atoms with E-state index in [0.717, 1.165) is 34.2 Å². The summed E-state index contributed by atoms with van der Waals surface area (Å²) in [6, 6.07) is 8.15. The van der Waals surface area contributed by atoms with Crippen molar-refractivity contribution in [3.05, 3.63) is 45.9 Å². The monoisotopic (exact) mass is 458 g/mol. The molecule has 2 fully saturated rings. The second-order valence-electron chi connectivity index (χ2n) is 8.23. The van der Waals surface area contributed by atoms with E-state index in [2.05, 4.69) is 15.7 Å². The van der Waals surface area contributed by atoms with Crippen LogP contribution in [-0.4, -0.2) is 58.9 Å². The lowest BCUT2D eigenvalue weighted by Crippen LogP contribution is -2.54. The maximum atomic E-state index is 12.9. The lowest BCUT2D eigenvalue weighted by molar-refractivity contribution is 0.0662. The van der Waals surface area contributed by atoms with Gasteiger partial charge in [0.2, 0.25) is 0 Å². The summed E-state index contributed by atoms with van der Waals surface area (Å²) in [6.45, 7) is 4.35. The number of hydrogen-bond acceptors (Lipinski definition) is 5. The van der Waals surface area contributed by atoms with Crippen LogP contribution in [0.4, 0.5) is 4.79 Å². The van der Waals surface area contributed by atoms with Crippen molar-refractivity contribution >= 4 is 35.0 Å². The summed E-state index contributed by atoms with van der Waals surface area (Å²) >= 11 is 3.40. The van der Waals surface area contributed by atoms with Gasteiger partial charge in [-0.2, -0.15) is 0 Å². The molecule has 166 valence electrons. The molecule has 4 rings (SSSR count). The van der Waals surface area contributed by atoms with E-state index in [1.807, 2.05) is 41.0 Å². The summed E-state index contributed by atoms with van der Waals surface area (Å²) in [6.07, 6.45) is 5.85. The van der Waals surface area contributed by atoms with E-state index in [0.29, 0.717) is 37.8 Å². The Morgan fingerprint density at radius 3 is 2.39 bits per heavy atom. The number of amides is 3. The summed E-state index contributed by atoms with van der Waals surface area (Å²) in [4.78, 5) is 34.7. The van der Waals surface area contributed by atoms with E-state index in [1.54, 1.807) is 23.1 Å². The van der Waals surface area contributed by atoms with Gasteiger partial charge in [-0.05, 0) is 44.0 Å². The molecular formula is C23H30N4O2S2. The predicted octanol–water partition coefficient (Wildman–Crippen LogP) is 4.54. The second-order valence-corrected chi connectivity index (χ2v) is 10.3. The molecule has 6 nitrogen and oxygen atoms in total. The summed E-state index contributed by atoms with van der Waals surface area (Å²) < 4.78 is 0. The van der Waals surface area contributed by atoms with Crippen LogP contribution in [0, 0.1) is 6.92 Å². The highest BCUT2D eigenvalue weighted by atomic mass is 32.2. The summed E-state index contributed by atoms with van der Waals surface area (Å²) in [7, 11) is 0. The lowest BCUT2D eigenvalue weighted by atomic mass is 9.96. The first-order valence-corrected chi connectivity index (χ1v) is 12.9. The normalized spacial score (nSPS) is 17.6. The summed E-state index contributed by atoms with van der Waals surface area (Å²) in [5.41, 5.74) is 1.80. The number of carbonyl (C=O) groups excluding carboxylic acids is 2. The number of rotatable bonds is 5. The Balaban J connectivity index is 1.23. The zero-order valence-corrected chi connectivity index (χ0v) is 19.6. The third-order valence-electron chi connectivity index (χ3n) is 5.94. The Bertz CT molecular complexity index is 885. The number of nitrogens with one attached hydrogen (secondary N) is 1. The van der Waals surface area contributed by atoms with Crippen LogP contribution in [-0.2, 0) is 5.75 Å². The fourth-order valence-electron chi connectivity index (χ4n) is 4.13. The fourth-order valence-corrected chi connectivity index (χ4v) is 5.64. The highest BCUT2D eigenvalue weighted by Gasteiger charge is 2.26. The van der Waals surface area contributed by atoms with Crippen molar-refractivity contribution in [1.29, 1.82) is 0 Å². The molecule has 31 heavy (non-hydrogen) atoms. The van der Waals surface area contributed by atoms with Gasteiger partial charge in [0.1, 0.15) is 0 Å². The third kappa shape index (κ3) is 6.01. The van der Waals surface area contributed by atoms with Crippen molar-refractivity contribution in [2.75, 3.05) is 26.2 Å². The smallest absolute Gasteiger partial charge is 0.317 e. The molecule has 2 aromatic rings. The van der Waals surface area contributed by atoms with Crippen LogP contribution < -0.4 is 5.32 Å². The van der Waals surface area contributed by atoms with Crippen molar-refractivity contribution in [1.82, 2.24) is 20.1 Å². The van der Waals surface area contributed by atoms with Gasteiger partial charge in [0.25, 0.3) is 5.91 Å². The van der Waals surface area contributed by atoms with E-state index in [1.165, 1.54) is 19.3 Å². The minimum Gasteiger partial charge on any atom is -0.335 e. The topological polar surface area (TPSA) is 65.5 Å². The van der Waals surface area contributed by atoms with Gasteiger partial charge in [-0.3, -0.25) is 4.79 Å². The highest BCUT2D eigenvalue weighted by molar-refractivity contribution is 7.98. The average Bonchev–Trinajstić information content (AvgIpc) is 3.23. The van der Waals surface area contributed by atoms with Crippen LogP contribution in [0.3, 0.4) is 0 Å². The number of thiazole rings is 1. The molecule has 0 unspecified atom stereocenters. The Morgan fingerprint density at radius 1 is 1.06 bits per heavy atom. The quantitative estimate of drug-likeness (QED) is 0.668. The Hall–Kier alpha value is -2.06. The average molecular weight is 459 g/mol. The Labute approximate surface area is 192 Å². The van der Waals surface area contributed by atoms with E-state index in [-0.39, 0.29) is 11.9 Å². The fraction of sp³-hybridized carbons (Fsp3) is 0.522. The molecule has 1 aliphatic carbocycles. The van der Waals surface area contributed by atoms with E-state index >= 15 is 0 Å². The van der Waals surface area contributed by atoms with E-state index < -0.39 is 0 Å². The number of carbonyl (C=O) groups is 2. The van der Waals surface area contributed by atoms with Crippen LogP contribution in [0.5, 0.6) is 0 Å². The zero-order chi connectivity index (χ0) is 21.6. The number of thioether (sulfide) groups is 1. The maximum Gasteiger partial charge on any atom is 0.317 e. The van der Waals surface area contributed by atoms with Crippen LogP contribution in [0.1, 0.15) is 53.2 Å². The number of aromatic nitrogens is 1. The molecule has 2 aliphatic rings. The molecule has 1 saturated heterocycles. The van der Waals surface area contributed by atoms with Crippen molar-refractivity contribution in [2.24, 2.45) is 0 Å². The first-order valence-electron chi connectivity index (χ1n) is 11.1. The molecule has 0 bridgehead atoms. The molecule has 1 aromatic carbocycles. The van der Waals surface area contributed by atoms with Crippen molar-refractivity contribution in [3.8, 4) is 0 Å². The van der Waals surface area contributed by atoms with E-state index in [4.69, 9.17) is 0 Å². The van der Waals surface area contributed by atoms with Crippen LogP contribution in [0.25, 0.3) is 0 Å². The summed E-state index contributed by atoms with van der Waals surface area (Å²) in [5, 5.41) is 6.35. The van der Waals surface area contributed by atoms with Crippen LogP contribution in [0.2, 0.25) is 0 Å². The summed E-state index contributed by atoms with van der Waals surface area (Å²) in [5.74, 6) is 0.877. The van der Waals surface area contributed by atoms with Gasteiger partial charge in [0.05, 0.1) is 10.7 Å². The number of urea groups is 1. The molecule has 1 aromatic heterocycles. The number of nitrogens with zero attached hydrogens (tertiary/aromatic N) is 3. The maximum absolute atomic E-state index is 12.9. The number of benzene rings is 1. The lowest BCUT2D eigenvalue weighted by Gasteiger charge is -2.36. The van der Waals surface area contributed by atoms with Crippen molar-refractivity contribution in [3.63, 3.8) is 0 Å². The SMILES string of the molecule is Cc1nc(CSc2ccc(C(=O)N3CCN(C(=O)NC4CCCCC4)CC3)cc2)cs1. The molecule has 8 heteroatoms. The van der Waals surface area contributed by atoms with Gasteiger partial charge < -0.3 is 15.1 Å². The first-order chi connectivity index (χ1) is 15.1. The highest BCUT2D eigenvalue weighted by Crippen LogP contribution is 2.24. The molecule has 0 atom stereocenters. The second kappa shape index (κ2) is 10.5.